The van der Waals surface area contributed by atoms with Crippen molar-refractivity contribution in [3.63, 3.8) is 0 Å². The van der Waals surface area contributed by atoms with E-state index in [1.54, 1.807) is 30.3 Å². The number of rotatable bonds is 11. The molecular weight excluding hydrogens is 646 g/mol. The van der Waals surface area contributed by atoms with Crippen LogP contribution in [0.4, 0.5) is 28.0 Å². The second-order valence-corrected chi connectivity index (χ2v) is 10.9. The van der Waals surface area contributed by atoms with Crippen molar-refractivity contribution < 1.29 is 60.9 Å². The van der Waals surface area contributed by atoms with Gasteiger partial charge in [0.25, 0.3) is 0 Å². The molecule has 2 aliphatic heterocycles. The number of carboxylic acids is 1. The summed E-state index contributed by atoms with van der Waals surface area (Å²) in [5, 5.41) is 14.2. The fraction of sp³-hybridized carbons (Fsp3) is 0.281. The molecule has 0 bridgehead atoms. The summed E-state index contributed by atoms with van der Waals surface area (Å²) in [4.78, 5) is 65.9. The molecule has 3 atom stereocenters. The molecule has 0 fully saturated rings. The summed E-state index contributed by atoms with van der Waals surface area (Å²) in [6.45, 7) is -1.27. The number of benzene rings is 3. The van der Waals surface area contributed by atoms with Crippen molar-refractivity contribution >= 4 is 35.3 Å². The topological polar surface area (TPSA) is 161 Å². The van der Waals surface area contributed by atoms with Gasteiger partial charge < -0.3 is 30.0 Å². The number of hydrogen-bond acceptors (Lipinski definition) is 8. The molecule has 252 valence electrons. The number of Topliss-reactive ketones (excluding diaryl/α,β-unsaturated/α-hetero) is 1. The van der Waals surface area contributed by atoms with Crippen LogP contribution >= 0.6 is 0 Å². The van der Waals surface area contributed by atoms with E-state index in [1.165, 1.54) is 24.1 Å². The number of nitrogens with one attached hydrogen (secondary N) is 2. The number of nitrogens with zero attached hydrogens (tertiary/aromatic N) is 1. The van der Waals surface area contributed by atoms with Crippen LogP contribution in [0.25, 0.3) is 0 Å². The summed E-state index contributed by atoms with van der Waals surface area (Å²) >= 11 is 0. The van der Waals surface area contributed by atoms with Gasteiger partial charge in [-0.25, -0.2) is 13.6 Å². The zero-order valence-electron chi connectivity index (χ0n) is 25.1. The van der Waals surface area contributed by atoms with Gasteiger partial charge in [0, 0.05) is 12.5 Å². The van der Waals surface area contributed by atoms with Gasteiger partial charge in [-0.3, -0.25) is 24.1 Å². The van der Waals surface area contributed by atoms with E-state index < -0.39 is 89.8 Å². The highest BCUT2D eigenvalue weighted by atomic mass is 19.2. The zero-order valence-corrected chi connectivity index (χ0v) is 25.1. The second kappa shape index (κ2) is 14.0. The Kier molecular flexibility index (Phi) is 9.82. The van der Waals surface area contributed by atoms with E-state index in [0.29, 0.717) is 29.0 Å². The summed E-state index contributed by atoms with van der Waals surface area (Å²) in [5.41, 5.74) is 1.73. The Morgan fingerprint density at radius 3 is 2.27 bits per heavy atom. The Hall–Kier alpha value is -5.67. The lowest BCUT2D eigenvalue weighted by atomic mass is 10.0. The lowest BCUT2D eigenvalue weighted by molar-refractivity contribution is -0.140. The number of carbonyl (C=O) groups excluding carboxylic acids is 4. The largest absolute Gasteiger partial charge is 0.497 e. The summed E-state index contributed by atoms with van der Waals surface area (Å²) < 4.78 is 70.2. The number of ketones is 1. The van der Waals surface area contributed by atoms with Crippen LogP contribution in [0.1, 0.15) is 24.0 Å². The smallest absolute Gasteiger partial charge is 0.413 e. The number of para-hydroxylation sites is 1. The fourth-order valence-corrected chi connectivity index (χ4v) is 5.51. The first-order chi connectivity index (χ1) is 22.9. The summed E-state index contributed by atoms with van der Waals surface area (Å²) in [6.07, 6.45) is -1.51. The standard InChI is InChI=1S/C32H27F4N3O9/c1-46-17-6-8-18(9-7-17)48-32(45)38-21-10-5-15-3-2-4-16-11-23(39(28(15)16)31(21)44)30(43)37-22(13-25(41)42)24(40)14-47-29-26(35)19(33)12-20(34)27(29)36/h2-4,6-9,12,21-23H,5,10-11,13-14H2,1H3,(H,37,43)(H,38,45)(H,41,42)/t21-,22?,23?/m0/s1. The molecule has 5 rings (SSSR count). The number of anilines is 1. The van der Waals surface area contributed by atoms with Crippen LogP contribution in [0.5, 0.6) is 17.2 Å². The SMILES string of the molecule is COc1ccc(OC(=O)N[C@H]2CCc3cccc4c3N(C2=O)C(C(=O)NC(CC(=O)O)C(=O)COc2c(F)c(F)cc(F)c2F)C4)cc1. The van der Waals surface area contributed by atoms with Crippen LogP contribution in [0.2, 0.25) is 0 Å². The van der Waals surface area contributed by atoms with E-state index in [0.717, 1.165) is 0 Å². The molecule has 2 heterocycles. The van der Waals surface area contributed by atoms with Crippen LogP contribution in [0, 0.1) is 23.3 Å². The highest BCUT2D eigenvalue weighted by Crippen LogP contribution is 2.39. The average Bonchev–Trinajstić information content (AvgIpc) is 3.39. The Labute approximate surface area is 269 Å². The Morgan fingerprint density at radius 1 is 0.979 bits per heavy atom. The first kappa shape index (κ1) is 33.7. The van der Waals surface area contributed by atoms with Crippen molar-refractivity contribution in [2.45, 2.75) is 43.8 Å². The Bertz CT molecular complexity index is 1760. The predicted molar refractivity (Wildman–Crippen MR) is 157 cm³/mol. The number of hydrogen-bond donors (Lipinski definition) is 3. The third kappa shape index (κ3) is 7.01. The van der Waals surface area contributed by atoms with E-state index >= 15 is 0 Å². The van der Waals surface area contributed by atoms with Gasteiger partial charge in [0.2, 0.25) is 23.4 Å². The van der Waals surface area contributed by atoms with Crippen molar-refractivity contribution in [3.8, 4) is 17.2 Å². The summed E-state index contributed by atoms with van der Waals surface area (Å²) in [7, 11) is 1.47. The van der Waals surface area contributed by atoms with Gasteiger partial charge >= 0.3 is 12.1 Å². The molecule has 48 heavy (non-hydrogen) atoms. The molecule has 0 aromatic heterocycles. The quantitative estimate of drug-likeness (QED) is 0.205. The molecule has 3 aromatic carbocycles. The van der Waals surface area contributed by atoms with Crippen LogP contribution in [-0.4, -0.2) is 66.6 Å². The Balaban J connectivity index is 1.33. The molecule has 2 aliphatic rings. The number of aryl methyl sites for hydroxylation is 1. The van der Waals surface area contributed by atoms with Gasteiger partial charge in [0.15, 0.2) is 23.2 Å². The minimum Gasteiger partial charge on any atom is -0.497 e. The van der Waals surface area contributed by atoms with Crippen molar-refractivity contribution in [1.29, 1.82) is 0 Å². The van der Waals surface area contributed by atoms with Crippen molar-refractivity contribution in [2.24, 2.45) is 0 Å². The second-order valence-electron chi connectivity index (χ2n) is 10.9. The van der Waals surface area contributed by atoms with Gasteiger partial charge in [0.1, 0.15) is 36.2 Å². The number of carbonyl (C=O) groups is 5. The van der Waals surface area contributed by atoms with Crippen LogP contribution in [0.3, 0.4) is 0 Å². The first-order valence-corrected chi connectivity index (χ1v) is 14.4. The molecule has 0 aliphatic carbocycles. The summed E-state index contributed by atoms with van der Waals surface area (Å²) in [6, 6.07) is 6.92. The van der Waals surface area contributed by atoms with Crippen LogP contribution in [-0.2, 0) is 32.0 Å². The number of carboxylic acid groups (broad SMARTS) is 1. The van der Waals surface area contributed by atoms with Gasteiger partial charge in [-0.05, 0) is 48.2 Å². The van der Waals surface area contributed by atoms with E-state index in [9.17, 15) is 46.6 Å². The number of halogens is 4. The highest BCUT2D eigenvalue weighted by Gasteiger charge is 2.45. The van der Waals surface area contributed by atoms with Gasteiger partial charge in [-0.15, -0.1) is 0 Å². The molecule has 0 saturated heterocycles. The maximum absolute atomic E-state index is 14.0. The molecule has 0 spiro atoms. The number of ether oxygens (including phenoxy) is 3. The molecule has 3 N–H and O–H groups in total. The van der Waals surface area contributed by atoms with Crippen molar-refractivity contribution in [3.05, 3.63) is 82.9 Å². The van der Waals surface area contributed by atoms with E-state index in [1.807, 2.05) is 0 Å². The molecule has 0 radical (unpaired) electrons. The molecule has 2 unspecified atom stereocenters. The maximum Gasteiger partial charge on any atom is 0.413 e. The average molecular weight is 674 g/mol. The maximum atomic E-state index is 14.0. The third-order valence-corrected chi connectivity index (χ3v) is 7.79. The lowest BCUT2D eigenvalue weighted by Gasteiger charge is -2.28. The Morgan fingerprint density at radius 2 is 1.62 bits per heavy atom. The molecule has 3 amide bonds. The van der Waals surface area contributed by atoms with Crippen molar-refractivity contribution in [1.82, 2.24) is 10.6 Å². The molecule has 12 nitrogen and oxygen atoms in total. The molecule has 0 saturated carbocycles. The number of aliphatic carboxylic acids is 1. The van der Waals surface area contributed by atoms with Gasteiger partial charge in [-0.2, -0.15) is 8.78 Å². The number of amides is 3. The predicted octanol–water partition coefficient (Wildman–Crippen LogP) is 3.22. The van der Waals surface area contributed by atoms with Crippen LogP contribution < -0.4 is 29.7 Å². The van der Waals surface area contributed by atoms with E-state index in [4.69, 9.17) is 9.47 Å². The summed E-state index contributed by atoms with van der Waals surface area (Å²) in [5.74, 6) is -12.7. The normalized spacial score (nSPS) is 17.1. The van der Waals surface area contributed by atoms with Crippen molar-refractivity contribution in [2.75, 3.05) is 18.6 Å². The van der Waals surface area contributed by atoms with Gasteiger partial charge in [-0.1, -0.05) is 18.2 Å². The minimum absolute atomic E-state index is 0.0345. The number of methoxy groups -OCH3 is 1. The zero-order chi connectivity index (χ0) is 34.7. The monoisotopic (exact) mass is 673 g/mol. The fourth-order valence-electron chi connectivity index (χ4n) is 5.51. The molecule has 3 aromatic rings. The molecule has 16 heteroatoms. The third-order valence-electron chi connectivity index (χ3n) is 7.79. The minimum atomic E-state index is -1.92. The molecular formula is C32H27F4N3O9. The van der Waals surface area contributed by atoms with E-state index in [-0.39, 0.29) is 24.7 Å². The highest BCUT2D eigenvalue weighted by molar-refractivity contribution is 6.08. The first-order valence-electron chi connectivity index (χ1n) is 14.4. The lowest BCUT2D eigenvalue weighted by Crippen LogP contribution is -2.57. The van der Waals surface area contributed by atoms with E-state index in [2.05, 4.69) is 15.4 Å². The van der Waals surface area contributed by atoms with Crippen LogP contribution in [0.15, 0.2) is 48.5 Å². The van der Waals surface area contributed by atoms with Gasteiger partial charge in [0.05, 0.1) is 19.2 Å².